The number of hydrogen-bond acceptors (Lipinski definition) is 8. The fourth-order valence-electron chi connectivity index (χ4n) is 4.35. The van der Waals surface area contributed by atoms with Crippen molar-refractivity contribution in [2.24, 2.45) is 0 Å². The van der Waals surface area contributed by atoms with Crippen LogP contribution < -0.4 is 20.4 Å². The van der Waals surface area contributed by atoms with Crippen LogP contribution >= 0.6 is 0 Å². The summed E-state index contributed by atoms with van der Waals surface area (Å²) in [6.07, 6.45) is 0.423. The van der Waals surface area contributed by atoms with Crippen LogP contribution in [0.15, 0.2) is 36.7 Å². The van der Waals surface area contributed by atoms with Gasteiger partial charge in [0.15, 0.2) is 11.6 Å². The lowest BCUT2D eigenvalue weighted by atomic mass is 10.2. The normalized spacial score (nSPS) is 17.1. The predicted molar refractivity (Wildman–Crippen MR) is 139 cm³/mol. The summed E-state index contributed by atoms with van der Waals surface area (Å²) in [6.45, 7) is 3.87. The van der Waals surface area contributed by atoms with Crippen LogP contribution in [-0.4, -0.2) is 91.9 Å². The van der Waals surface area contributed by atoms with Crippen molar-refractivity contribution in [1.29, 1.82) is 0 Å². The SMILES string of the molecule is CC(C)OC(=O)NCC1CN(c2cc(F)c(N3CCN(C(=O)CNC(=O)c4cccnc4)CC3)c(F)c2)C(=O)O1. The fraction of sp³-hybridized carbons (Fsp3) is 0.423. The number of alkyl carbamates (subject to hydrolysis) is 1. The van der Waals surface area contributed by atoms with Gasteiger partial charge in [0.2, 0.25) is 5.91 Å². The molecule has 0 saturated carbocycles. The number of rotatable bonds is 8. The van der Waals surface area contributed by atoms with Crippen molar-refractivity contribution in [1.82, 2.24) is 20.5 Å². The number of nitrogens with zero attached hydrogens (tertiary/aromatic N) is 4. The van der Waals surface area contributed by atoms with E-state index in [0.717, 1.165) is 17.0 Å². The second-order valence-corrected chi connectivity index (χ2v) is 9.50. The molecule has 0 spiro atoms. The maximum absolute atomic E-state index is 15.1. The Kier molecular flexibility index (Phi) is 8.97. The van der Waals surface area contributed by atoms with Gasteiger partial charge in [-0.15, -0.1) is 0 Å². The van der Waals surface area contributed by atoms with Gasteiger partial charge in [-0.05, 0) is 26.0 Å². The van der Waals surface area contributed by atoms with E-state index in [1.807, 2.05) is 0 Å². The van der Waals surface area contributed by atoms with Gasteiger partial charge >= 0.3 is 12.2 Å². The molecule has 0 radical (unpaired) electrons. The first-order valence-electron chi connectivity index (χ1n) is 12.7. The van der Waals surface area contributed by atoms with E-state index in [4.69, 9.17) is 9.47 Å². The number of nitrogens with one attached hydrogen (secondary N) is 2. The van der Waals surface area contributed by atoms with E-state index in [0.29, 0.717) is 5.56 Å². The molecule has 12 nitrogen and oxygen atoms in total. The Balaban J connectivity index is 1.30. The Morgan fingerprint density at radius 2 is 1.82 bits per heavy atom. The van der Waals surface area contributed by atoms with Crippen molar-refractivity contribution in [2.75, 3.05) is 55.6 Å². The fourth-order valence-corrected chi connectivity index (χ4v) is 4.35. The highest BCUT2D eigenvalue weighted by atomic mass is 19.1. The van der Waals surface area contributed by atoms with Crippen LogP contribution in [0.5, 0.6) is 0 Å². The van der Waals surface area contributed by atoms with Gasteiger partial charge in [-0.3, -0.25) is 19.5 Å². The third kappa shape index (κ3) is 6.93. The number of ether oxygens (including phenoxy) is 2. The minimum absolute atomic E-state index is 0.0167. The molecule has 1 atom stereocenters. The van der Waals surface area contributed by atoms with Crippen LogP contribution in [-0.2, 0) is 14.3 Å². The van der Waals surface area contributed by atoms with E-state index >= 15 is 8.78 Å². The summed E-state index contributed by atoms with van der Waals surface area (Å²) >= 11 is 0. The topological polar surface area (TPSA) is 133 Å². The number of anilines is 2. The maximum atomic E-state index is 15.1. The second kappa shape index (κ2) is 12.6. The Bertz CT molecular complexity index is 1230. The maximum Gasteiger partial charge on any atom is 0.414 e. The molecule has 4 rings (SSSR count). The molecule has 2 saturated heterocycles. The first-order chi connectivity index (χ1) is 19.1. The Morgan fingerprint density at radius 3 is 2.45 bits per heavy atom. The molecule has 1 unspecified atom stereocenters. The average molecular weight is 561 g/mol. The van der Waals surface area contributed by atoms with Gasteiger partial charge in [-0.25, -0.2) is 18.4 Å². The Morgan fingerprint density at radius 1 is 1.12 bits per heavy atom. The molecule has 2 aromatic rings. The number of aromatic nitrogens is 1. The molecule has 2 N–H and O–H groups in total. The summed E-state index contributed by atoms with van der Waals surface area (Å²) < 4.78 is 40.4. The summed E-state index contributed by atoms with van der Waals surface area (Å²) in [5, 5.41) is 5.03. The second-order valence-electron chi connectivity index (χ2n) is 9.50. The third-order valence-corrected chi connectivity index (χ3v) is 6.28. The molecular formula is C26H30F2N6O6. The quantitative estimate of drug-likeness (QED) is 0.500. The van der Waals surface area contributed by atoms with E-state index in [2.05, 4.69) is 15.6 Å². The van der Waals surface area contributed by atoms with Crippen LogP contribution in [0.1, 0.15) is 24.2 Å². The van der Waals surface area contributed by atoms with Crippen LogP contribution in [0.25, 0.3) is 0 Å². The molecule has 4 amide bonds. The van der Waals surface area contributed by atoms with Crippen molar-refractivity contribution in [3.05, 3.63) is 53.9 Å². The molecule has 0 bridgehead atoms. The minimum atomic E-state index is -0.867. The van der Waals surface area contributed by atoms with Crippen LogP contribution in [0, 0.1) is 11.6 Å². The van der Waals surface area contributed by atoms with Gasteiger partial charge in [-0.2, -0.15) is 0 Å². The van der Waals surface area contributed by atoms with E-state index in [1.165, 1.54) is 22.2 Å². The number of halogens is 2. The molecule has 1 aromatic carbocycles. The molecule has 3 heterocycles. The average Bonchev–Trinajstić information content (AvgIpc) is 3.30. The molecule has 14 heteroatoms. The van der Waals surface area contributed by atoms with E-state index in [9.17, 15) is 19.2 Å². The lowest BCUT2D eigenvalue weighted by Crippen LogP contribution is -2.51. The lowest BCUT2D eigenvalue weighted by molar-refractivity contribution is -0.130. The molecule has 214 valence electrons. The third-order valence-electron chi connectivity index (χ3n) is 6.28. The molecule has 2 aliphatic rings. The van der Waals surface area contributed by atoms with Gasteiger partial charge in [0.05, 0.1) is 37.0 Å². The highest BCUT2D eigenvalue weighted by Gasteiger charge is 2.34. The summed E-state index contributed by atoms with van der Waals surface area (Å²) in [5.41, 5.74) is 0.0485. The van der Waals surface area contributed by atoms with Gasteiger partial charge in [0.1, 0.15) is 11.8 Å². The first-order valence-corrected chi connectivity index (χ1v) is 12.7. The number of carbonyl (C=O) groups is 4. The molecule has 0 aliphatic carbocycles. The smallest absolute Gasteiger partial charge is 0.414 e. The minimum Gasteiger partial charge on any atom is -0.447 e. The van der Waals surface area contributed by atoms with E-state index in [-0.39, 0.29) is 69.2 Å². The summed E-state index contributed by atoms with van der Waals surface area (Å²) in [4.78, 5) is 56.6. The van der Waals surface area contributed by atoms with Crippen LogP contribution in [0.2, 0.25) is 0 Å². The Labute approximate surface area is 229 Å². The zero-order chi connectivity index (χ0) is 28.8. The lowest BCUT2D eigenvalue weighted by Gasteiger charge is -2.36. The summed E-state index contributed by atoms with van der Waals surface area (Å²) in [5.74, 6) is -2.48. The van der Waals surface area contributed by atoms with E-state index < -0.39 is 35.8 Å². The zero-order valence-corrected chi connectivity index (χ0v) is 22.1. The number of carbonyl (C=O) groups excluding carboxylic acids is 4. The van der Waals surface area contributed by atoms with Crippen molar-refractivity contribution >= 4 is 35.4 Å². The standard InChI is InChI=1S/C26H30F2N6O6/c1-16(2)39-25(37)31-13-19-15-34(26(38)40-19)18-10-20(27)23(21(28)11-18)33-8-6-32(7-9-33)22(35)14-30-24(36)17-4-3-5-29-12-17/h3-5,10-12,16,19H,6-9,13-15H2,1-2H3,(H,30,36)(H,31,37). The van der Waals surface area contributed by atoms with Crippen LogP contribution in [0.3, 0.4) is 0 Å². The van der Waals surface area contributed by atoms with Gasteiger partial charge in [0.25, 0.3) is 5.91 Å². The highest BCUT2D eigenvalue weighted by Crippen LogP contribution is 2.31. The van der Waals surface area contributed by atoms with Crippen molar-refractivity contribution in [3.63, 3.8) is 0 Å². The highest BCUT2D eigenvalue weighted by molar-refractivity contribution is 5.96. The first kappa shape index (κ1) is 28.5. The van der Waals surface area contributed by atoms with Gasteiger partial charge < -0.3 is 29.9 Å². The van der Waals surface area contributed by atoms with Gasteiger partial charge in [0, 0.05) is 50.7 Å². The van der Waals surface area contributed by atoms with Crippen molar-refractivity contribution in [3.8, 4) is 0 Å². The number of amides is 4. The summed E-state index contributed by atoms with van der Waals surface area (Å²) in [6, 6.07) is 5.29. The van der Waals surface area contributed by atoms with E-state index in [1.54, 1.807) is 26.0 Å². The largest absolute Gasteiger partial charge is 0.447 e. The predicted octanol–water partition coefficient (Wildman–Crippen LogP) is 1.90. The molecule has 40 heavy (non-hydrogen) atoms. The van der Waals surface area contributed by atoms with Crippen LogP contribution in [0.4, 0.5) is 29.7 Å². The molecule has 2 fully saturated rings. The number of benzene rings is 1. The summed E-state index contributed by atoms with van der Waals surface area (Å²) in [7, 11) is 0. The zero-order valence-electron chi connectivity index (χ0n) is 22.1. The monoisotopic (exact) mass is 560 g/mol. The van der Waals surface area contributed by atoms with Crippen molar-refractivity contribution in [2.45, 2.75) is 26.1 Å². The Hall–Kier alpha value is -4.49. The number of cyclic esters (lactones) is 1. The molecule has 2 aliphatic heterocycles. The number of hydrogen-bond donors (Lipinski definition) is 2. The van der Waals surface area contributed by atoms with Crippen molar-refractivity contribution < 1.29 is 37.4 Å². The molecule has 1 aromatic heterocycles. The van der Waals surface area contributed by atoms with Gasteiger partial charge in [-0.1, -0.05) is 0 Å². The number of piperazine rings is 1. The number of pyridine rings is 1. The molecular weight excluding hydrogens is 530 g/mol.